The largest absolute Gasteiger partial charge is 0.389 e. The van der Waals surface area contributed by atoms with E-state index in [0.29, 0.717) is 12.8 Å². The van der Waals surface area contributed by atoms with Crippen LogP contribution >= 0.6 is 0 Å². The zero-order valence-corrected chi connectivity index (χ0v) is 9.66. The molecule has 6 heteroatoms. The van der Waals surface area contributed by atoms with Crippen molar-refractivity contribution >= 4 is 5.91 Å². The molecule has 0 rings (SSSR count). The van der Waals surface area contributed by atoms with Crippen molar-refractivity contribution in [1.82, 2.24) is 5.32 Å². The quantitative estimate of drug-likeness (QED) is 0.697. The predicted octanol–water partition coefficient (Wildman–Crippen LogP) is 1.96. The Hall–Kier alpha value is -0.780. The van der Waals surface area contributed by atoms with Gasteiger partial charge in [0.1, 0.15) is 0 Å². The lowest BCUT2D eigenvalue weighted by molar-refractivity contribution is -0.136. The van der Waals surface area contributed by atoms with E-state index in [2.05, 4.69) is 5.32 Å². The molecule has 0 spiro atoms. The number of halogens is 3. The van der Waals surface area contributed by atoms with Crippen LogP contribution in [0, 0.1) is 0 Å². The van der Waals surface area contributed by atoms with Crippen LogP contribution in [-0.2, 0) is 4.79 Å². The van der Waals surface area contributed by atoms with Crippen LogP contribution in [-0.4, -0.2) is 24.2 Å². The van der Waals surface area contributed by atoms with E-state index in [0.717, 1.165) is 0 Å². The van der Waals surface area contributed by atoms with Gasteiger partial charge in [0.2, 0.25) is 5.91 Å². The van der Waals surface area contributed by atoms with Crippen molar-refractivity contribution in [2.45, 2.75) is 51.2 Å². The highest BCUT2D eigenvalue weighted by Gasteiger charge is 2.30. The van der Waals surface area contributed by atoms with Crippen molar-refractivity contribution < 1.29 is 18.0 Å². The molecule has 0 aromatic heterocycles. The molecule has 0 unspecified atom stereocenters. The van der Waals surface area contributed by atoms with Gasteiger partial charge in [-0.25, -0.2) is 0 Å². The van der Waals surface area contributed by atoms with Gasteiger partial charge in [-0.3, -0.25) is 4.79 Å². The van der Waals surface area contributed by atoms with Gasteiger partial charge in [-0.15, -0.1) is 0 Å². The monoisotopic (exact) mass is 240 g/mol. The zero-order chi connectivity index (χ0) is 12.8. The van der Waals surface area contributed by atoms with Gasteiger partial charge in [-0.05, 0) is 19.3 Å². The summed E-state index contributed by atoms with van der Waals surface area (Å²) < 4.78 is 35.4. The van der Waals surface area contributed by atoms with E-state index in [1.165, 1.54) is 0 Å². The average molecular weight is 240 g/mol. The second-order valence-corrected chi connectivity index (χ2v) is 3.84. The Kier molecular flexibility index (Phi) is 5.78. The number of rotatable bonds is 6. The fourth-order valence-corrected chi connectivity index (χ4v) is 1.24. The van der Waals surface area contributed by atoms with Crippen LogP contribution in [0.5, 0.6) is 0 Å². The van der Waals surface area contributed by atoms with Gasteiger partial charge in [0.25, 0.3) is 0 Å². The lowest BCUT2D eigenvalue weighted by Gasteiger charge is -2.25. The van der Waals surface area contributed by atoms with Gasteiger partial charge < -0.3 is 11.1 Å². The van der Waals surface area contributed by atoms with E-state index in [-0.39, 0.29) is 18.9 Å². The second kappa shape index (κ2) is 6.08. The summed E-state index contributed by atoms with van der Waals surface area (Å²) in [6.45, 7) is 3.56. The number of nitrogens with two attached hydrogens (primary N) is 1. The minimum Gasteiger partial charge on any atom is -0.354 e. The number of carbonyl (C=O) groups is 1. The van der Waals surface area contributed by atoms with Crippen LogP contribution < -0.4 is 11.1 Å². The van der Waals surface area contributed by atoms with Crippen molar-refractivity contribution in [1.29, 1.82) is 0 Å². The first kappa shape index (κ1) is 15.2. The molecule has 3 N–H and O–H groups in total. The van der Waals surface area contributed by atoms with Gasteiger partial charge in [-0.2, -0.15) is 13.2 Å². The molecule has 3 nitrogen and oxygen atoms in total. The Balaban J connectivity index is 3.90. The minimum atomic E-state index is -4.17. The number of nitrogens with one attached hydrogen (secondary N) is 1. The molecule has 0 aliphatic heterocycles. The van der Waals surface area contributed by atoms with Gasteiger partial charge in [0.05, 0.1) is 5.54 Å². The summed E-state index contributed by atoms with van der Waals surface area (Å²) in [5.74, 6) is -0.375. The van der Waals surface area contributed by atoms with Crippen LogP contribution in [0.15, 0.2) is 0 Å². The highest BCUT2D eigenvalue weighted by atomic mass is 19.4. The molecule has 0 aliphatic carbocycles. The van der Waals surface area contributed by atoms with E-state index < -0.39 is 18.1 Å². The third-order valence-corrected chi connectivity index (χ3v) is 2.64. The SMILES string of the molecule is CCC(N)(CC)C(=O)NCCCC(F)(F)F. The number of hydrogen-bond donors (Lipinski definition) is 2. The van der Waals surface area contributed by atoms with E-state index in [1.54, 1.807) is 13.8 Å². The minimum absolute atomic E-state index is 0.0112. The molecule has 16 heavy (non-hydrogen) atoms. The Morgan fingerprint density at radius 1 is 1.25 bits per heavy atom. The smallest absolute Gasteiger partial charge is 0.354 e. The Morgan fingerprint density at radius 3 is 2.12 bits per heavy atom. The number of hydrogen-bond acceptors (Lipinski definition) is 2. The number of amides is 1. The lowest BCUT2D eigenvalue weighted by atomic mass is 9.93. The first-order valence-electron chi connectivity index (χ1n) is 5.39. The maximum absolute atomic E-state index is 11.8. The topological polar surface area (TPSA) is 55.1 Å². The van der Waals surface area contributed by atoms with Crippen molar-refractivity contribution in [3.8, 4) is 0 Å². The van der Waals surface area contributed by atoms with E-state index in [4.69, 9.17) is 5.73 Å². The molecule has 96 valence electrons. The van der Waals surface area contributed by atoms with Crippen molar-refractivity contribution in [3.63, 3.8) is 0 Å². The zero-order valence-electron chi connectivity index (χ0n) is 9.66. The van der Waals surface area contributed by atoms with Crippen molar-refractivity contribution in [2.75, 3.05) is 6.54 Å². The maximum Gasteiger partial charge on any atom is 0.389 e. The van der Waals surface area contributed by atoms with E-state index in [9.17, 15) is 18.0 Å². The highest BCUT2D eigenvalue weighted by Crippen LogP contribution is 2.20. The molecule has 0 aromatic carbocycles. The summed E-state index contributed by atoms with van der Waals surface area (Å²) in [6.07, 6.45) is -4.23. The summed E-state index contributed by atoms with van der Waals surface area (Å²) >= 11 is 0. The van der Waals surface area contributed by atoms with E-state index in [1.807, 2.05) is 0 Å². The van der Waals surface area contributed by atoms with E-state index >= 15 is 0 Å². The van der Waals surface area contributed by atoms with Crippen LogP contribution in [0.25, 0.3) is 0 Å². The summed E-state index contributed by atoms with van der Waals surface area (Å²) in [5, 5.41) is 2.43. The number of carbonyl (C=O) groups excluding carboxylic acids is 1. The predicted molar refractivity (Wildman–Crippen MR) is 55.8 cm³/mol. The van der Waals surface area contributed by atoms with Gasteiger partial charge in [0, 0.05) is 13.0 Å². The molecule has 1 amide bonds. The first-order chi connectivity index (χ1) is 7.25. The highest BCUT2D eigenvalue weighted by molar-refractivity contribution is 5.85. The Morgan fingerprint density at radius 2 is 1.75 bits per heavy atom. The molecule has 0 saturated carbocycles. The molecule has 0 saturated heterocycles. The third-order valence-electron chi connectivity index (χ3n) is 2.64. The lowest BCUT2D eigenvalue weighted by Crippen LogP contribution is -2.53. The number of alkyl halides is 3. The van der Waals surface area contributed by atoms with Gasteiger partial charge in [0.15, 0.2) is 0 Å². The standard InChI is InChI=1S/C10H19F3N2O/c1-3-9(14,4-2)8(16)15-7-5-6-10(11,12)13/h3-7,14H2,1-2H3,(H,15,16). The molecule has 0 aromatic rings. The van der Waals surface area contributed by atoms with Crippen molar-refractivity contribution in [3.05, 3.63) is 0 Å². The normalized spacial score (nSPS) is 12.6. The van der Waals surface area contributed by atoms with Crippen LogP contribution in [0.3, 0.4) is 0 Å². The Bertz CT molecular complexity index is 225. The molecule has 0 heterocycles. The second-order valence-electron chi connectivity index (χ2n) is 3.84. The fraction of sp³-hybridized carbons (Fsp3) is 0.900. The van der Waals surface area contributed by atoms with Gasteiger partial charge in [-0.1, -0.05) is 13.8 Å². The molecular formula is C10H19F3N2O. The average Bonchev–Trinajstić information content (AvgIpc) is 2.21. The Labute approximate surface area is 93.6 Å². The molecule has 0 fully saturated rings. The molecule has 0 bridgehead atoms. The van der Waals surface area contributed by atoms with Crippen LogP contribution in [0.4, 0.5) is 13.2 Å². The first-order valence-corrected chi connectivity index (χ1v) is 5.39. The third kappa shape index (κ3) is 5.34. The van der Waals surface area contributed by atoms with Crippen molar-refractivity contribution in [2.24, 2.45) is 5.73 Å². The van der Waals surface area contributed by atoms with Crippen LogP contribution in [0.1, 0.15) is 39.5 Å². The molecular weight excluding hydrogens is 221 g/mol. The summed E-state index contributed by atoms with van der Waals surface area (Å²) in [4.78, 5) is 11.5. The summed E-state index contributed by atoms with van der Waals surface area (Å²) in [6, 6.07) is 0. The molecule has 0 radical (unpaired) electrons. The maximum atomic E-state index is 11.8. The van der Waals surface area contributed by atoms with Crippen LogP contribution in [0.2, 0.25) is 0 Å². The summed E-state index contributed by atoms with van der Waals surface area (Å²) in [5.41, 5.74) is 4.81. The summed E-state index contributed by atoms with van der Waals surface area (Å²) in [7, 11) is 0. The molecule has 0 aliphatic rings. The van der Waals surface area contributed by atoms with Gasteiger partial charge >= 0.3 is 6.18 Å². The fourth-order valence-electron chi connectivity index (χ4n) is 1.24. The molecule has 0 atom stereocenters.